The zero-order valence-electron chi connectivity index (χ0n) is 12.9. The highest BCUT2D eigenvalue weighted by Crippen LogP contribution is 2.32. The first-order chi connectivity index (χ1) is 11.4. The highest BCUT2D eigenvalue weighted by molar-refractivity contribution is 9.10. The predicted molar refractivity (Wildman–Crippen MR) is 104 cm³/mol. The predicted octanol–water partition coefficient (Wildman–Crippen LogP) is 4.08. The topological polar surface area (TPSA) is 58.1 Å². The van der Waals surface area contributed by atoms with Crippen molar-refractivity contribution in [1.29, 1.82) is 0 Å². The Hall–Kier alpha value is -1.77. The fourth-order valence-electron chi connectivity index (χ4n) is 2.19. The van der Waals surface area contributed by atoms with E-state index in [1.165, 1.54) is 16.8 Å². The molecule has 0 spiro atoms. The third-order valence-corrected chi connectivity index (χ3v) is 4.93. The molecule has 0 aliphatic carbocycles. The van der Waals surface area contributed by atoms with Gasteiger partial charge in [-0.15, -0.1) is 0 Å². The van der Waals surface area contributed by atoms with Crippen LogP contribution < -0.4 is 5.43 Å². The number of carbonyl (C=O) groups excluding carboxylic acids is 1. The fourth-order valence-corrected chi connectivity index (χ4v) is 3.78. The van der Waals surface area contributed by atoms with Crippen molar-refractivity contribution in [3.05, 3.63) is 56.7 Å². The largest absolute Gasteiger partial charge is 0.285 e. The van der Waals surface area contributed by atoms with Crippen LogP contribution in [0.2, 0.25) is 0 Å². The molecule has 1 aliphatic rings. The number of benzene rings is 1. The summed E-state index contributed by atoms with van der Waals surface area (Å²) in [7, 11) is 0. The number of thioether (sulfide) groups is 1. The van der Waals surface area contributed by atoms with Gasteiger partial charge in [0.05, 0.1) is 4.91 Å². The second-order valence-electron chi connectivity index (χ2n) is 5.16. The lowest BCUT2D eigenvalue weighted by Crippen LogP contribution is -2.34. The van der Waals surface area contributed by atoms with Crippen molar-refractivity contribution in [3.63, 3.8) is 0 Å². The van der Waals surface area contributed by atoms with Crippen molar-refractivity contribution in [1.82, 2.24) is 15.0 Å². The molecule has 1 aromatic carbocycles. The minimum absolute atomic E-state index is 0.215. The van der Waals surface area contributed by atoms with Crippen LogP contribution in [0, 0.1) is 13.8 Å². The molecule has 2 aromatic rings. The van der Waals surface area contributed by atoms with Gasteiger partial charge >= 0.3 is 0 Å². The SMILES string of the molecule is Cc1cc(C)nc(NN2C(=O)/C(=C/c3cccc(Br)c3)SC2=S)n1. The van der Waals surface area contributed by atoms with Crippen molar-refractivity contribution in [2.45, 2.75) is 13.8 Å². The number of anilines is 1. The van der Waals surface area contributed by atoms with Gasteiger partial charge in [-0.25, -0.2) is 9.97 Å². The van der Waals surface area contributed by atoms with Crippen LogP contribution in [-0.4, -0.2) is 25.2 Å². The molecule has 1 amide bonds. The van der Waals surface area contributed by atoms with Gasteiger partial charge < -0.3 is 0 Å². The Morgan fingerprint density at radius 3 is 2.62 bits per heavy atom. The molecular weight excluding hydrogens is 408 g/mol. The number of aromatic nitrogens is 2. The Balaban J connectivity index is 1.84. The summed E-state index contributed by atoms with van der Waals surface area (Å²) in [5.41, 5.74) is 5.46. The maximum absolute atomic E-state index is 12.6. The molecule has 2 heterocycles. The summed E-state index contributed by atoms with van der Waals surface area (Å²) in [5, 5.41) is 1.30. The average molecular weight is 421 g/mol. The zero-order valence-corrected chi connectivity index (χ0v) is 16.1. The summed E-state index contributed by atoms with van der Waals surface area (Å²) >= 11 is 9.97. The van der Waals surface area contributed by atoms with Crippen LogP contribution in [0.25, 0.3) is 6.08 Å². The van der Waals surface area contributed by atoms with Gasteiger partial charge in [-0.1, -0.05) is 39.8 Å². The molecule has 122 valence electrons. The van der Waals surface area contributed by atoms with Crippen LogP contribution in [0.3, 0.4) is 0 Å². The minimum Gasteiger partial charge on any atom is -0.266 e. The maximum atomic E-state index is 12.6. The van der Waals surface area contributed by atoms with E-state index in [1.54, 1.807) is 0 Å². The summed E-state index contributed by atoms with van der Waals surface area (Å²) in [6, 6.07) is 9.58. The lowest BCUT2D eigenvalue weighted by molar-refractivity contribution is -0.121. The van der Waals surface area contributed by atoms with Gasteiger partial charge in [-0.05, 0) is 55.9 Å². The molecule has 1 fully saturated rings. The molecule has 0 saturated carbocycles. The number of halogens is 1. The molecule has 5 nitrogen and oxygen atoms in total. The lowest BCUT2D eigenvalue weighted by Gasteiger charge is -2.15. The van der Waals surface area contributed by atoms with Gasteiger partial charge in [-0.2, -0.15) is 5.01 Å². The van der Waals surface area contributed by atoms with Crippen LogP contribution in [0.1, 0.15) is 17.0 Å². The number of aryl methyl sites for hydroxylation is 2. The van der Waals surface area contributed by atoms with Crippen molar-refractivity contribution >= 4 is 62.2 Å². The van der Waals surface area contributed by atoms with Crippen molar-refractivity contribution in [2.24, 2.45) is 0 Å². The highest BCUT2D eigenvalue weighted by atomic mass is 79.9. The van der Waals surface area contributed by atoms with Gasteiger partial charge in [0, 0.05) is 15.9 Å². The normalized spacial score (nSPS) is 16.1. The Morgan fingerprint density at radius 1 is 1.25 bits per heavy atom. The van der Waals surface area contributed by atoms with E-state index in [-0.39, 0.29) is 5.91 Å². The number of nitrogens with zero attached hydrogens (tertiary/aromatic N) is 3. The Kier molecular flexibility index (Phi) is 4.98. The zero-order chi connectivity index (χ0) is 17.3. The second-order valence-corrected chi connectivity index (χ2v) is 7.75. The van der Waals surface area contributed by atoms with Crippen molar-refractivity contribution in [2.75, 3.05) is 5.43 Å². The first-order valence-electron chi connectivity index (χ1n) is 7.05. The number of amides is 1. The van der Waals surface area contributed by atoms with E-state index in [4.69, 9.17) is 12.2 Å². The third kappa shape index (κ3) is 3.82. The Labute approximate surface area is 157 Å². The molecule has 1 N–H and O–H groups in total. The van der Waals surface area contributed by atoms with Crippen LogP contribution in [0.5, 0.6) is 0 Å². The molecule has 0 radical (unpaired) electrons. The standard InChI is InChI=1S/C16H13BrN4OS2/c1-9-6-10(2)19-15(18-9)20-21-14(22)13(24-16(21)23)8-11-4-3-5-12(17)7-11/h3-8H,1-2H3,(H,18,19,20)/b13-8-. The monoisotopic (exact) mass is 420 g/mol. The molecule has 1 aromatic heterocycles. The van der Waals surface area contributed by atoms with E-state index in [0.717, 1.165) is 21.4 Å². The number of hydrazine groups is 1. The number of rotatable bonds is 3. The third-order valence-electron chi connectivity index (χ3n) is 3.13. The highest BCUT2D eigenvalue weighted by Gasteiger charge is 2.33. The molecule has 1 aliphatic heterocycles. The number of hydrogen-bond donors (Lipinski definition) is 1. The summed E-state index contributed by atoms with van der Waals surface area (Å²) < 4.78 is 1.37. The van der Waals surface area contributed by atoms with Crippen molar-refractivity contribution in [3.8, 4) is 0 Å². The van der Waals surface area contributed by atoms with Crippen LogP contribution >= 0.6 is 39.9 Å². The minimum atomic E-state index is -0.215. The van der Waals surface area contributed by atoms with Gasteiger partial charge in [0.2, 0.25) is 5.95 Å². The van der Waals surface area contributed by atoms with Gasteiger partial charge in [0.1, 0.15) is 0 Å². The van der Waals surface area contributed by atoms with Crippen LogP contribution in [-0.2, 0) is 4.79 Å². The molecule has 0 atom stereocenters. The molecule has 0 unspecified atom stereocenters. The van der Waals surface area contributed by atoms with E-state index in [9.17, 15) is 4.79 Å². The number of thiocarbonyl (C=S) groups is 1. The van der Waals surface area contributed by atoms with Gasteiger partial charge in [0.25, 0.3) is 5.91 Å². The van der Waals surface area contributed by atoms with E-state index >= 15 is 0 Å². The molecule has 1 saturated heterocycles. The Morgan fingerprint density at radius 2 is 1.96 bits per heavy atom. The molecule has 0 bridgehead atoms. The van der Waals surface area contributed by atoms with E-state index in [0.29, 0.717) is 15.2 Å². The molecule has 8 heteroatoms. The van der Waals surface area contributed by atoms with Crippen molar-refractivity contribution < 1.29 is 4.79 Å². The van der Waals surface area contributed by atoms with Crippen LogP contribution in [0.15, 0.2) is 39.7 Å². The van der Waals surface area contributed by atoms with Gasteiger partial charge in [-0.3, -0.25) is 10.2 Å². The molecular formula is C16H13BrN4OS2. The fraction of sp³-hybridized carbons (Fsp3) is 0.125. The summed E-state index contributed by atoms with van der Waals surface area (Å²) in [6.07, 6.45) is 1.81. The average Bonchev–Trinajstić information content (AvgIpc) is 2.74. The second kappa shape index (κ2) is 7.00. The number of nitrogens with one attached hydrogen (secondary N) is 1. The summed E-state index contributed by atoms with van der Waals surface area (Å²) in [5.74, 6) is 0.139. The molecule has 24 heavy (non-hydrogen) atoms. The van der Waals surface area contributed by atoms with E-state index < -0.39 is 0 Å². The smallest absolute Gasteiger partial charge is 0.266 e. The first-order valence-corrected chi connectivity index (χ1v) is 9.06. The quantitative estimate of drug-likeness (QED) is 0.595. The first kappa shape index (κ1) is 17.1. The number of carbonyl (C=O) groups is 1. The summed E-state index contributed by atoms with van der Waals surface area (Å²) in [6.45, 7) is 3.74. The van der Waals surface area contributed by atoms with Gasteiger partial charge in [0.15, 0.2) is 4.32 Å². The van der Waals surface area contributed by atoms with E-state index in [1.807, 2.05) is 50.3 Å². The maximum Gasteiger partial charge on any atom is 0.285 e. The molecule has 3 rings (SSSR count). The van der Waals surface area contributed by atoms with E-state index in [2.05, 4.69) is 31.3 Å². The Bertz CT molecular complexity index is 849. The number of hydrogen-bond acceptors (Lipinski definition) is 6. The van der Waals surface area contributed by atoms with Crippen LogP contribution in [0.4, 0.5) is 5.95 Å². The lowest BCUT2D eigenvalue weighted by atomic mass is 10.2. The summed E-state index contributed by atoms with van der Waals surface area (Å²) in [4.78, 5) is 21.7.